The summed E-state index contributed by atoms with van der Waals surface area (Å²) in [7, 11) is 0. The fraction of sp³-hybridized carbons (Fsp3) is 0.667. The molecule has 6 aliphatic rings. The lowest BCUT2D eigenvalue weighted by atomic mass is 9.54. The maximum atomic E-state index is 13.9. The first-order valence-corrected chi connectivity index (χ1v) is 13.8. The summed E-state index contributed by atoms with van der Waals surface area (Å²) in [5, 5.41) is 12.1. The number of carbonyl (C=O) groups excluding carboxylic acids is 4. The Balaban J connectivity index is 1.42. The van der Waals surface area contributed by atoms with Crippen molar-refractivity contribution < 1.29 is 38.5 Å². The van der Waals surface area contributed by atoms with Gasteiger partial charge in [-0.15, -0.1) is 0 Å². The van der Waals surface area contributed by atoms with E-state index in [0.717, 1.165) is 0 Å². The quantitative estimate of drug-likeness (QED) is 0.340. The van der Waals surface area contributed by atoms with E-state index in [2.05, 4.69) is 6.58 Å². The van der Waals surface area contributed by atoms with Crippen LogP contribution in [0.4, 0.5) is 0 Å². The van der Waals surface area contributed by atoms with Crippen LogP contribution < -0.4 is 0 Å². The summed E-state index contributed by atoms with van der Waals surface area (Å²) in [6, 6.07) is 0. The number of hydrogen-bond acceptors (Lipinski definition) is 8. The molecule has 1 N–H and O–H groups in total. The molecule has 6 rings (SSSR count). The van der Waals surface area contributed by atoms with Crippen LogP contribution in [0.1, 0.15) is 59.8 Å². The van der Waals surface area contributed by atoms with Gasteiger partial charge in [-0.25, -0.2) is 4.79 Å². The van der Waals surface area contributed by atoms with Crippen molar-refractivity contribution in [1.29, 1.82) is 0 Å². The van der Waals surface area contributed by atoms with Crippen LogP contribution in [-0.4, -0.2) is 58.1 Å². The minimum Gasteiger partial charge on any atom is -0.461 e. The molecule has 2 saturated carbocycles. The van der Waals surface area contributed by atoms with Crippen molar-refractivity contribution in [3.8, 4) is 0 Å². The van der Waals surface area contributed by atoms with E-state index >= 15 is 0 Å². The lowest BCUT2D eigenvalue weighted by Gasteiger charge is -2.48. The van der Waals surface area contributed by atoms with E-state index in [9.17, 15) is 24.3 Å². The molecule has 3 saturated heterocycles. The van der Waals surface area contributed by atoms with E-state index < -0.39 is 40.6 Å². The Kier molecular flexibility index (Phi) is 5.55. The third kappa shape index (κ3) is 3.35. The predicted molar refractivity (Wildman–Crippen MR) is 134 cm³/mol. The maximum absolute atomic E-state index is 13.9. The SMILES string of the molecule is C=C1C(=O)OC2CC(C)C3(O)C=C(C(C)=O)C4(CC3CC12)C(=O)OC1CC(C)C2(C=CC(C)=O)OC2CC14. The number of esters is 2. The molecule has 0 aromatic carbocycles. The molecule has 0 bridgehead atoms. The fourth-order valence-corrected chi connectivity index (χ4v) is 8.50. The number of aliphatic hydroxyl groups is 1. The fourth-order valence-electron chi connectivity index (χ4n) is 8.50. The van der Waals surface area contributed by atoms with Gasteiger partial charge in [0.25, 0.3) is 0 Å². The molecule has 11 atom stereocenters. The molecule has 0 aromatic heterocycles. The van der Waals surface area contributed by atoms with E-state index in [1.807, 2.05) is 19.9 Å². The first kappa shape index (κ1) is 25.7. The molecule has 38 heavy (non-hydrogen) atoms. The first-order chi connectivity index (χ1) is 17.8. The van der Waals surface area contributed by atoms with E-state index in [4.69, 9.17) is 14.2 Å². The highest BCUT2D eigenvalue weighted by atomic mass is 16.6. The number of hydrogen-bond donors (Lipinski definition) is 1. The lowest BCUT2D eigenvalue weighted by Crippen LogP contribution is -2.53. The zero-order valence-electron chi connectivity index (χ0n) is 22.4. The molecule has 0 amide bonds. The summed E-state index contributed by atoms with van der Waals surface area (Å²) >= 11 is 0. The molecular weight excluding hydrogens is 488 g/mol. The molecule has 1 spiro atoms. The molecule has 8 nitrogen and oxygen atoms in total. The van der Waals surface area contributed by atoms with Crippen LogP contribution >= 0.6 is 0 Å². The Bertz CT molecular complexity index is 1210. The molecule has 3 heterocycles. The van der Waals surface area contributed by atoms with Crippen molar-refractivity contribution in [2.24, 2.45) is 35.0 Å². The second-order valence-electron chi connectivity index (χ2n) is 12.6. The number of epoxide rings is 1. The molecule has 8 heteroatoms. The summed E-state index contributed by atoms with van der Waals surface area (Å²) in [6.45, 7) is 10.9. The molecule has 0 aromatic rings. The smallest absolute Gasteiger partial charge is 0.334 e. The molecule has 3 aliphatic heterocycles. The summed E-state index contributed by atoms with van der Waals surface area (Å²) in [5.74, 6) is -2.36. The lowest BCUT2D eigenvalue weighted by molar-refractivity contribution is -0.152. The maximum Gasteiger partial charge on any atom is 0.334 e. The Morgan fingerprint density at radius 3 is 2.45 bits per heavy atom. The van der Waals surface area contributed by atoms with E-state index in [1.165, 1.54) is 13.8 Å². The van der Waals surface area contributed by atoms with Gasteiger partial charge in [0.2, 0.25) is 0 Å². The third-order valence-electron chi connectivity index (χ3n) is 10.7. The van der Waals surface area contributed by atoms with E-state index in [-0.39, 0.29) is 53.9 Å². The Morgan fingerprint density at radius 1 is 1.05 bits per heavy atom. The molecular formula is C30H36O8. The number of carbonyl (C=O) groups is 4. The molecule has 0 radical (unpaired) electrons. The highest BCUT2D eigenvalue weighted by Gasteiger charge is 2.71. The summed E-state index contributed by atoms with van der Waals surface area (Å²) in [4.78, 5) is 51.0. The number of fused-ring (bicyclic) bond motifs is 5. The second-order valence-corrected chi connectivity index (χ2v) is 12.6. The minimum absolute atomic E-state index is 0.00923. The average Bonchev–Trinajstić information content (AvgIpc) is 3.47. The van der Waals surface area contributed by atoms with Crippen LogP contribution in [0.3, 0.4) is 0 Å². The minimum atomic E-state index is -1.33. The van der Waals surface area contributed by atoms with E-state index in [1.54, 1.807) is 12.2 Å². The predicted octanol–water partition coefficient (Wildman–Crippen LogP) is 3.02. The van der Waals surface area contributed by atoms with Crippen molar-refractivity contribution in [1.82, 2.24) is 0 Å². The van der Waals surface area contributed by atoms with Gasteiger partial charge in [0, 0.05) is 23.0 Å². The zero-order chi connectivity index (χ0) is 27.4. The molecule has 3 aliphatic carbocycles. The first-order valence-electron chi connectivity index (χ1n) is 13.8. The van der Waals surface area contributed by atoms with Gasteiger partial charge >= 0.3 is 11.9 Å². The summed E-state index contributed by atoms with van der Waals surface area (Å²) < 4.78 is 17.9. The van der Waals surface area contributed by atoms with Crippen molar-refractivity contribution >= 4 is 23.5 Å². The van der Waals surface area contributed by atoms with Gasteiger partial charge in [-0.1, -0.05) is 20.4 Å². The molecule has 11 unspecified atom stereocenters. The van der Waals surface area contributed by atoms with Gasteiger partial charge in [-0.05, 0) is 81.9 Å². The standard InChI is InChI=1S/C30H36O8/c1-14-8-23-20(17(4)26(33)36-23)10-19-12-28(22(18(5)32)13-29(14,19)35)21-11-25-30(38-25,7-6-16(3)31)15(2)9-24(21)37-27(28)34/h6-7,13-15,19-21,23-25,35H,4,8-12H2,1-3,5H3. The highest BCUT2D eigenvalue weighted by Crippen LogP contribution is 2.64. The molecule has 204 valence electrons. The van der Waals surface area contributed by atoms with Crippen LogP contribution in [0.25, 0.3) is 0 Å². The third-order valence-corrected chi connectivity index (χ3v) is 10.7. The van der Waals surface area contributed by atoms with Crippen LogP contribution in [0.2, 0.25) is 0 Å². The normalized spacial score (nSPS) is 49.2. The Labute approximate surface area is 222 Å². The number of allylic oxidation sites excluding steroid dienone is 1. The summed E-state index contributed by atoms with van der Waals surface area (Å²) in [6.07, 6.45) is 6.27. The average molecular weight is 525 g/mol. The largest absolute Gasteiger partial charge is 0.461 e. The molecule has 5 fully saturated rings. The number of Topliss-reactive ketones (excluding diaryl/α,β-unsaturated/α-hetero) is 1. The van der Waals surface area contributed by atoms with Gasteiger partial charge in [-0.3, -0.25) is 14.4 Å². The van der Waals surface area contributed by atoms with Crippen molar-refractivity contribution in [3.05, 3.63) is 36.0 Å². The van der Waals surface area contributed by atoms with Gasteiger partial charge in [0.05, 0.1) is 11.7 Å². The Morgan fingerprint density at radius 2 is 1.76 bits per heavy atom. The van der Waals surface area contributed by atoms with E-state index in [0.29, 0.717) is 36.8 Å². The van der Waals surface area contributed by atoms with Crippen LogP contribution in [0.15, 0.2) is 36.0 Å². The number of ketones is 2. The zero-order valence-corrected chi connectivity index (χ0v) is 22.4. The van der Waals surface area contributed by atoms with Gasteiger partial charge < -0.3 is 19.3 Å². The highest BCUT2D eigenvalue weighted by molar-refractivity contribution is 6.03. The topological polar surface area (TPSA) is 120 Å². The van der Waals surface area contributed by atoms with Crippen LogP contribution in [-0.2, 0) is 33.4 Å². The monoisotopic (exact) mass is 524 g/mol. The number of ether oxygens (including phenoxy) is 3. The van der Waals surface area contributed by atoms with Gasteiger partial charge in [-0.2, -0.15) is 0 Å². The second kappa shape index (κ2) is 8.21. The van der Waals surface area contributed by atoms with Gasteiger partial charge in [0.15, 0.2) is 11.6 Å². The van der Waals surface area contributed by atoms with Crippen molar-refractivity contribution in [2.75, 3.05) is 0 Å². The number of rotatable bonds is 3. The van der Waals surface area contributed by atoms with Crippen molar-refractivity contribution in [3.63, 3.8) is 0 Å². The van der Waals surface area contributed by atoms with Gasteiger partial charge in [0.1, 0.15) is 23.2 Å². The Hall–Kier alpha value is -2.58. The van der Waals surface area contributed by atoms with Crippen LogP contribution in [0.5, 0.6) is 0 Å². The van der Waals surface area contributed by atoms with Crippen LogP contribution in [0, 0.1) is 35.0 Å². The summed E-state index contributed by atoms with van der Waals surface area (Å²) in [5.41, 5.74) is -2.38. The van der Waals surface area contributed by atoms with Crippen molar-refractivity contribution in [2.45, 2.75) is 89.3 Å².